The molecule has 0 radical (unpaired) electrons. The summed E-state index contributed by atoms with van der Waals surface area (Å²) in [4.78, 5) is 2.38. The van der Waals surface area contributed by atoms with Crippen LogP contribution in [0.3, 0.4) is 0 Å². The Morgan fingerprint density at radius 1 is 0.373 bits per heavy atom. The summed E-state index contributed by atoms with van der Waals surface area (Å²) in [5.74, 6) is 0. The van der Waals surface area contributed by atoms with Crippen molar-refractivity contribution >= 4 is 50.1 Å². The fourth-order valence-electron chi connectivity index (χ4n) is 9.57. The van der Waals surface area contributed by atoms with Gasteiger partial charge in [0.15, 0.2) is 0 Å². The smallest absolute Gasteiger partial charge is 0.142 e. The second-order valence-electron chi connectivity index (χ2n) is 16.2. The van der Waals surface area contributed by atoms with Crippen molar-refractivity contribution in [3.05, 3.63) is 210 Å². The average Bonchev–Trinajstić information content (AvgIpc) is 3.69. The summed E-state index contributed by atoms with van der Waals surface area (Å²) in [5.41, 5.74) is 19.8. The lowest BCUT2D eigenvalue weighted by atomic mass is 9.76. The first kappa shape index (κ1) is 36.7. The van der Waals surface area contributed by atoms with Gasteiger partial charge in [-0.15, -0.1) is 0 Å². The summed E-state index contributed by atoms with van der Waals surface area (Å²) in [7, 11) is 0. The van der Waals surface area contributed by atoms with Gasteiger partial charge in [0.2, 0.25) is 0 Å². The molecule has 0 N–H and O–H groups in total. The van der Waals surface area contributed by atoms with Gasteiger partial charge in [-0.2, -0.15) is 0 Å². The van der Waals surface area contributed by atoms with Gasteiger partial charge in [-0.05, 0) is 150 Å². The number of benzene rings is 7. The molecule has 59 heavy (non-hydrogen) atoms. The van der Waals surface area contributed by atoms with E-state index in [1.807, 2.05) is 0 Å². The van der Waals surface area contributed by atoms with Crippen LogP contribution in [0.4, 0.5) is 17.1 Å². The fraction of sp³-hybridized carbons (Fsp3) is 0.158. The molecule has 0 aliphatic heterocycles. The van der Waals surface area contributed by atoms with E-state index >= 15 is 0 Å². The number of nitrogens with zero attached hydrogens (tertiary/aromatic N) is 1. The lowest BCUT2D eigenvalue weighted by molar-refractivity contribution is 0.656. The number of fused-ring (bicyclic) bond motifs is 4. The van der Waals surface area contributed by atoms with Crippen LogP contribution in [-0.4, -0.2) is 0 Å². The van der Waals surface area contributed by atoms with Crippen LogP contribution in [0.1, 0.15) is 68.9 Å². The molecule has 288 valence electrons. The summed E-state index contributed by atoms with van der Waals surface area (Å²) in [6.07, 6.45) is 10.2. The van der Waals surface area contributed by atoms with Crippen molar-refractivity contribution in [2.75, 3.05) is 4.90 Å². The fourth-order valence-corrected chi connectivity index (χ4v) is 9.57. The van der Waals surface area contributed by atoms with Crippen LogP contribution >= 0.6 is 0 Å². The van der Waals surface area contributed by atoms with Gasteiger partial charge in [0.1, 0.15) is 11.2 Å². The zero-order valence-electron chi connectivity index (χ0n) is 33.7. The van der Waals surface area contributed by atoms with E-state index in [1.54, 1.807) is 0 Å². The molecule has 10 rings (SSSR count). The van der Waals surface area contributed by atoms with Crippen molar-refractivity contribution in [1.82, 2.24) is 0 Å². The summed E-state index contributed by atoms with van der Waals surface area (Å²) in [6, 6.07) is 63.7. The largest absolute Gasteiger partial charge is 0.455 e. The third kappa shape index (κ3) is 7.25. The maximum atomic E-state index is 6.67. The van der Waals surface area contributed by atoms with E-state index in [2.05, 4.69) is 181 Å². The van der Waals surface area contributed by atoms with E-state index in [0.29, 0.717) is 0 Å². The molecule has 1 saturated carbocycles. The number of hydrogen-bond donors (Lipinski definition) is 0. The van der Waals surface area contributed by atoms with Gasteiger partial charge in [0, 0.05) is 33.4 Å². The number of rotatable bonds is 7. The van der Waals surface area contributed by atoms with E-state index in [9.17, 15) is 0 Å². The highest BCUT2D eigenvalue weighted by Crippen LogP contribution is 2.47. The topological polar surface area (TPSA) is 16.4 Å². The van der Waals surface area contributed by atoms with Crippen molar-refractivity contribution in [3.63, 3.8) is 0 Å². The van der Waals surface area contributed by atoms with Gasteiger partial charge in [0.25, 0.3) is 0 Å². The second kappa shape index (κ2) is 16.3. The third-order valence-corrected chi connectivity index (χ3v) is 12.5. The van der Waals surface area contributed by atoms with Crippen LogP contribution < -0.4 is 4.90 Å². The van der Waals surface area contributed by atoms with Crippen molar-refractivity contribution in [3.8, 4) is 22.3 Å². The van der Waals surface area contributed by atoms with Crippen LogP contribution in [0, 0.1) is 0 Å². The number of furan rings is 1. The molecule has 7 aromatic carbocycles. The predicted octanol–water partition coefficient (Wildman–Crippen LogP) is 16.7. The van der Waals surface area contributed by atoms with Gasteiger partial charge < -0.3 is 9.32 Å². The number of hydrogen-bond acceptors (Lipinski definition) is 2. The van der Waals surface area contributed by atoms with Gasteiger partial charge >= 0.3 is 0 Å². The van der Waals surface area contributed by atoms with E-state index in [-0.39, 0.29) is 0 Å². The molecule has 0 spiro atoms. The Bertz CT molecular complexity index is 2740. The zero-order valence-corrected chi connectivity index (χ0v) is 33.7. The van der Waals surface area contributed by atoms with Crippen LogP contribution in [-0.2, 0) is 0 Å². The Morgan fingerprint density at radius 2 is 0.847 bits per heavy atom. The summed E-state index contributed by atoms with van der Waals surface area (Å²) in [6.45, 7) is 4.82. The molecule has 0 saturated heterocycles. The minimum atomic E-state index is 0.960. The molecule has 1 heterocycles. The van der Waals surface area contributed by atoms with Crippen molar-refractivity contribution in [1.29, 1.82) is 0 Å². The highest BCUT2D eigenvalue weighted by atomic mass is 16.3. The monoisotopic (exact) mass is 763 g/mol. The Labute approximate surface area is 348 Å². The van der Waals surface area contributed by atoms with Gasteiger partial charge in [-0.25, -0.2) is 0 Å². The standard InChI is InChI=1S/C57H49NO/c1-40-16-5-2-10-21-50(53-25-15-26-54-51-23-13-14-27-55(51)59-57(53)54)49-22-11-12-24-52(49)56(40)45-32-38-48(39-33-45)58(46-34-28-43(29-35-46)41-17-6-3-7-18-41)47-36-30-44(31-37-47)42-19-8-4-9-20-42/h3-4,6-9,13-15,17-20,23,25-39H,1-2,5,10-12,16,21-22,24H2/b50-49+,56-52?. The molecule has 0 unspecified atom stereocenters. The molecule has 0 bridgehead atoms. The van der Waals surface area contributed by atoms with E-state index in [0.717, 1.165) is 60.3 Å². The van der Waals surface area contributed by atoms with Crippen molar-refractivity contribution < 1.29 is 4.42 Å². The van der Waals surface area contributed by atoms with E-state index < -0.39 is 0 Å². The summed E-state index contributed by atoms with van der Waals surface area (Å²) < 4.78 is 6.67. The highest BCUT2D eigenvalue weighted by molar-refractivity contribution is 6.08. The first-order valence-corrected chi connectivity index (χ1v) is 21.5. The molecule has 2 nitrogen and oxygen atoms in total. The van der Waals surface area contributed by atoms with E-state index in [1.165, 1.54) is 97.7 Å². The Kier molecular flexibility index (Phi) is 10.1. The van der Waals surface area contributed by atoms with Gasteiger partial charge in [0.05, 0.1) is 0 Å². The summed E-state index contributed by atoms with van der Waals surface area (Å²) >= 11 is 0. The molecule has 2 aliphatic carbocycles. The maximum absolute atomic E-state index is 6.67. The third-order valence-electron chi connectivity index (χ3n) is 12.5. The maximum Gasteiger partial charge on any atom is 0.142 e. The molecule has 2 heteroatoms. The first-order chi connectivity index (χ1) is 29.2. The second-order valence-corrected chi connectivity index (χ2v) is 16.2. The van der Waals surface area contributed by atoms with Crippen LogP contribution in [0.25, 0.3) is 55.3 Å². The quantitative estimate of drug-likeness (QED) is 0.161. The molecule has 8 aromatic rings. The Balaban J connectivity index is 1.08. The molecule has 1 aromatic heterocycles. The predicted molar refractivity (Wildman–Crippen MR) is 250 cm³/mol. The van der Waals surface area contributed by atoms with Crippen LogP contribution in [0.2, 0.25) is 0 Å². The zero-order chi connectivity index (χ0) is 39.5. The van der Waals surface area contributed by atoms with Gasteiger partial charge in [-0.3, -0.25) is 0 Å². The molecular formula is C57H49NO. The van der Waals surface area contributed by atoms with Gasteiger partial charge in [-0.1, -0.05) is 146 Å². The van der Waals surface area contributed by atoms with Crippen LogP contribution in [0.15, 0.2) is 204 Å². The lowest BCUT2D eigenvalue weighted by Crippen LogP contribution is -2.10. The minimum absolute atomic E-state index is 0.960. The van der Waals surface area contributed by atoms with E-state index in [4.69, 9.17) is 11.0 Å². The first-order valence-electron chi connectivity index (χ1n) is 21.5. The number of anilines is 3. The van der Waals surface area contributed by atoms with Crippen molar-refractivity contribution in [2.24, 2.45) is 0 Å². The summed E-state index contributed by atoms with van der Waals surface area (Å²) in [5, 5.41) is 2.40. The lowest BCUT2D eigenvalue weighted by Gasteiger charge is -2.29. The van der Waals surface area contributed by atoms with Crippen molar-refractivity contribution in [2.45, 2.75) is 57.8 Å². The molecule has 0 atom stereocenters. The SMILES string of the molecule is C=C1CCCCC/C(c2cccc3c2oc2ccccc23)=C2/CCCCC2=C1c1ccc(N(c2ccc(-c3ccccc3)cc2)c2ccc(-c3ccccc3)cc2)cc1. The Hall–Kier alpha value is -6.64. The Morgan fingerprint density at radius 3 is 1.47 bits per heavy atom. The molecule has 0 amide bonds. The highest BCUT2D eigenvalue weighted by Gasteiger charge is 2.26. The molecular weight excluding hydrogens is 715 g/mol. The minimum Gasteiger partial charge on any atom is -0.455 e. The molecule has 1 fully saturated rings. The normalized spacial score (nSPS) is 16.3. The average molecular weight is 764 g/mol. The number of allylic oxidation sites excluding steroid dienone is 5. The van der Waals surface area contributed by atoms with Crippen LogP contribution in [0.5, 0.6) is 0 Å². The molecule has 2 aliphatic rings. The number of para-hydroxylation sites is 2.